The smallest absolute Gasteiger partial charge is 0.418 e. The van der Waals surface area contributed by atoms with Crippen molar-refractivity contribution in [2.75, 3.05) is 13.2 Å². The molecular weight excluding hydrogens is 311 g/mol. The summed E-state index contributed by atoms with van der Waals surface area (Å²) >= 11 is 0. The molecule has 23 heavy (non-hydrogen) atoms. The van der Waals surface area contributed by atoms with Gasteiger partial charge in [0.25, 0.3) is 5.91 Å². The molecular formula is C16H16F3NO3. The first-order valence-corrected chi connectivity index (χ1v) is 6.86. The Kier molecular flexibility index (Phi) is 4.79. The number of fused-ring (bicyclic) bond motifs is 1. The Morgan fingerprint density at radius 3 is 2.48 bits per heavy atom. The standard InChI is InChI=1S/C16H16F3NO3/c1-15(22,16(17,18)19)10-20-14(21)9-23-13-7-6-11-4-2-3-5-12(11)8-13/h2-8,22H,9-10H2,1H3,(H,20,21)/t15-/m1/s1. The molecule has 0 heterocycles. The molecule has 0 fully saturated rings. The van der Waals surface area contributed by atoms with Crippen LogP contribution in [0.5, 0.6) is 5.75 Å². The third-order valence-corrected chi connectivity index (χ3v) is 3.33. The minimum atomic E-state index is -4.82. The van der Waals surface area contributed by atoms with E-state index in [4.69, 9.17) is 4.74 Å². The number of ether oxygens (including phenoxy) is 1. The van der Waals surface area contributed by atoms with Gasteiger partial charge in [0, 0.05) is 0 Å². The SMILES string of the molecule is C[C@@](O)(CNC(=O)COc1ccc2ccccc2c1)C(F)(F)F. The van der Waals surface area contributed by atoms with Gasteiger partial charge < -0.3 is 15.2 Å². The molecule has 4 nitrogen and oxygen atoms in total. The molecule has 0 aliphatic carbocycles. The number of nitrogens with one attached hydrogen (secondary N) is 1. The van der Waals surface area contributed by atoms with E-state index in [1.54, 1.807) is 12.1 Å². The van der Waals surface area contributed by atoms with Crippen molar-refractivity contribution in [3.8, 4) is 5.75 Å². The summed E-state index contributed by atoms with van der Waals surface area (Å²) in [7, 11) is 0. The molecule has 124 valence electrons. The molecule has 2 aromatic rings. The molecule has 2 N–H and O–H groups in total. The summed E-state index contributed by atoms with van der Waals surface area (Å²) in [6.45, 7) is -0.778. The predicted molar refractivity (Wildman–Crippen MR) is 79.1 cm³/mol. The van der Waals surface area contributed by atoms with E-state index in [9.17, 15) is 23.1 Å². The Bertz CT molecular complexity index is 698. The van der Waals surface area contributed by atoms with Crippen LogP contribution in [0.3, 0.4) is 0 Å². The average molecular weight is 327 g/mol. The van der Waals surface area contributed by atoms with Gasteiger partial charge in [0.2, 0.25) is 0 Å². The molecule has 1 amide bonds. The van der Waals surface area contributed by atoms with Gasteiger partial charge in [-0.05, 0) is 29.8 Å². The fourth-order valence-corrected chi connectivity index (χ4v) is 1.83. The van der Waals surface area contributed by atoms with Crippen LogP contribution < -0.4 is 10.1 Å². The maximum Gasteiger partial charge on any atom is 0.418 e. The van der Waals surface area contributed by atoms with Crippen molar-refractivity contribution in [2.45, 2.75) is 18.7 Å². The first kappa shape index (κ1) is 17.1. The van der Waals surface area contributed by atoms with E-state index in [1.165, 1.54) is 0 Å². The van der Waals surface area contributed by atoms with E-state index in [0.717, 1.165) is 10.8 Å². The zero-order chi connectivity index (χ0) is 17.1. The number of benzene rings is 2. The molecule has 0 bridgehead atoms. The zero-order valence-electron chi connectivity index (χ0n) is 12.4. The summed E-state index contributed by atoms with van der Waals surface area (Å²) in [4.78, 5) is 11.5. The summed E-state index contributed by atoms with van der Waals surface area (Å²) in [5.74, 6) is -0.316. The van der Waals surface area contributed by atoms with Gasteiger partial charge >= 0.3 is 6.18 Å². The van der Waals surface area contributed by atoms with E-state index in [2.05, 4.69) is 0 Å². The fraction of sp³-hybridized carbons (Fsp3) is 0.312. The molecule has 0 saturated carbocycles. The van der Waals surface area contributed by atoms with Gasteiger partial charge in [-0.2, -0.15) is 13.2 Å². The minimum absolute atomic E-state index is 0.432. The molecule has 1 atom stereocenters. The van der Waals surface area contributed by atoms with Gasteiger partial charge in [-0.25, -0.2) is 0 Å². The molecule has 0 aliphatic heterocycles. The highest BCUT2D eigenvalue weighted by Crippen LogP contribution is 2.29. The Morgan fingerprint density at radius 2 is 1.83 bits per heavy atom. The minimum Gasteiger partial charge on any atom is -0.484 e. The number of amides is 1. The molecule has 0 saturated heterocycles. The van der Waals surface area contributed by atoms with E-state index >= 15 is 0 Å². The van der Waals surface area contributed by atoms with Crippen molar-refractivity contribution in [1.82, 2.24) is 5.32 Å². The van der Waals surface area contributed by atoms with E-state index < -0.39 is 30.8 Å². The molecule has 0 spiro atoms. The summed E-state index contributed by atoms with van der Waals surface area (Å²) in [6.07, 6.45) is -4.82. The van der Waals surface area contributed by atoms with Gasteiger partial charge in [0.1, 0.15) is 5.75 Å². The van der Waals surface area contributed by atoms with E-state index in [0.29, 0.717) is 12.7 Å². The second-order valence-electron chi connectivity index (χ2n) is 5.35. The Hall–Kier alpha value is -2.28. The highest BCUT2D eigenvalue weighted by atomic mass is 19.4. The van der Waals surface area contributed by atoms with Crippen molar-refractivity contribution >= 4 is 16.7 Å². The largest absolute Gasteiger partial charge is 0.484 e. The lowest BCUT2D eigenvalue weighted by Crippen LogP contribution is -2.51. The maximum absolute atomic E-state index is 12.5. The normalized spacial score (nSPS) is 14.3. The van der Waals surface area contributed by atoms with Crippen molar-refractivity contribution < 1.29 is 27.8 Å². The first-order valence-electron chi connectivity index (χ1n) is 6.86. The van der Waals surface area contributed by atoms with Gasteiger partial charge in [0.15, 0.2) is 12.2 Å². The molecule has 2 aromatic carbocycles. The number of halogens is 3. The van der Waals surface area contributed by atoms with Gasteiger partial charge in [-0.15, -0.1) is 0 Å². The lowest BCUT2D eigenvalue weighted by atomic mass is 10.1. The van der Waals surface area contributed by atoms with Crippen LogP contribution in [0, 0.1) is 0 Å². The van der Waals surface area contributed by atoms with E-state index in [1.807, 2.05) is 35.6 Å². The van der Waals surface area contributed by atoms with Crippen LogP contribution >= 0.6 is 0 Å². The van der Waals surface area contributed by atoms with Crippen LogP contribution in [0.4, 0.5) is 13.2 Å². The average Bonchev–Trinajstić information content (AvgIpc) is 2.49. The van der Waals surface area contributed by atoms with Gasteiger partial charge in [0.05, 0.1) is 6.54 Å². The van der Waals surface area contributed by atoms with Crippen molar-refractivity contribution in [2.24, 2.45) is 0 Å². The second-order valence-corrected chi connectivity index (χ2v) is 5.35. The third-order valence-electron chi connectivity index (χ3n) is 3.33. The number of rotatable bonds is 5. The van der Waals surface area contributed by atoms with Crippen LogP contribution in [0.1, 0.15) is 6.92 Å². The lowest BCUT2D eigenvalue weighted by molar-refractivity contribution is -0.250. The van der Waals surface area contributed by atoms with Crippen molar-refractivity contribution in [3.63, 3.8) is 0 Å². The number of aliphatic hydroxyl groups is 1. The molecule has 0 radical (unpaired) electrons. The molecule has 0 unspecified atom stereocenters. The summed E-state index contributed by atoms with van der Waals surface area (Å²) < 4.78 is 42.6. The maximum atomic E-state index is 12.5. The monoisotopic (exact) mass is 327 g/mol. The summed E-state index contributed by atoms with van der Waals surface area (Å²) in [5, 5.41) is 13.2. The van der Waals surface area contributed by atoms with Crippen molar-refractivity contribution in [1.29, 1.82) is 0 Å². The number of hydrogen-bond acceptors (Lipinski definition) is 3. The topological polar surface area (TPSA) is 58.6 Å². The summed E-state index contributed by atoms with van der Waals surface area (Å²) in [6, 6.07) is 12.8. The highest BCUT2D eigenvalue weighted by molar-refractivity contribution is 5.84. The number of carbonyl (C=O) groups is 1. The first-order chi connectivity index (χ1) is 10.7. The zero-order valence-corrected chi connectivity index (χ0v) is 12.4. The van der Waals surface area contributed by atoms with Crippen LogP contribution in [-0.4, -0.2) is 35.9 Å². The lowest BCUT2D eigenvalue weighted by Gasteiger charge is -2.26. The van der Waals surface area contributed by atoms with Crippen molar-refractivity contribution in [3.05, 3.63) is 42.5 Å². The molecule has 0 aliphatic rings. The molecule has 2 rings (SSSR count). The Balaban J connectivity index is 1.88. The van der Waals surface area contributed by atoms with Crippen LogP contribution in [0.15, 0.2) is 42.5 Å². The number of hydrogen-bond donors (Lipinski definition) is 2. The number of alkyl halides is 3. The van der Waals surface area contributed by atoms with Crippen LogP contribution in [0.2, 0.25) is 0 Å². The third kappa shape index (κ3) is 4.35. The molecule has 7 heteroatoms. The van der Waals surface area contributed by atoms with Crippen LogP contribution in [-0.2, 0) is 4.79 Å². The van der Waals surface area contributed by atoms with E-state index in [-0.39, 0.29) is 0 Å². The quantitative estimate of drug-likeness (QED) is 0.888. The van der Waals surface area contributed by atoms with Gasteiger partial charge in [-0.1, -0.05) is 30.3 Å². The second kappa shape index (κ2) is 6.45. The Labute approximate surface area is 130 Å². The van der Waals surface area contributed by atoms with Gasteiger partial charge in [-0.3, -0.25) is 4.79 Å². The summed E-state index contributed by atoms with van der Waals surface area (Å²) in [5.41, 5.74) is -2.98. The number of carbonyl (C=O) groups excluding carboxylic acids is 1. The molecule has 0 aromatic heterocycles. The Morgan fingerprint density at radius 1 is 1.17 bits per heavy atom. The van der Waals surface area contributed by atoms with Crippen LogP contribution in [0.25, 0.3) is 10.8 Å². The highest BCUT2D eigenvalue weighted by Gasteiger charge is 2.49. The fourth-order valence-electron chi connectivity index (χ4n) is 1.83. The predicted octanol–water partition coefficient (Wildman–Crippen LogP) is 2.65.